The van der Waals surface area contributed by atoms with Crippen LogP contribution in [0.5, 0.6) is 0 Å². The summed E-state index contributed by atoms with van der Waals surface area (Å²) in [5.41, 5.74) is 2.28. The topological polar surface area (TPSA) is 52.0 Å². The van der Waals surface area contributed by atoms with Gasteiger partial charge in [0.25, 0.3) is 0 Å². The van der Waals surface area contributed by atoms with E-state index in [1.54, 1.807) is 6.08 Å². The molecule has 0 amide bonds. The summed E-state index contributed by atoms with van der Waals surface area (Å²) in [6, 6.07) is 0.170. The summed E-state index contributed by atoms with van der Waals surface area (Å²) in [6.45, 7) is 8.75. The average Bonchev–Trinajstić information content (AvgIpc) is 2.73. The van der Waals surface area contributed by atoms with Crippen LogP contribution >= 0.6 is 0 Å². The van der Waals surface area contributed by atoms with Crippen LogP contribution in [-0.4, -0.2) is 34.8 Å². The Morgan fingerprint density at radius 1 is 1.69 bits per heavy atom. The van der Waals surface area contributed by atoms with E-state index in [1.807, 2.05) is 4.68 Å². The van der Waals surface area contributed by atoms with Crippen LogP contribution < -0.4 is 5.32 Å². The fraction of sp³-hybridized carbons (Fsp3) is 0.636. The highest BCUT2D eigenvalue weighted by atomic mass is 16.5. The van der Waals surface area contributed by atoms with E-state index in [1.165, 1.54) is 5.69 Å². The summed E-state index contributed by atoms with van der Waals surface area (Å²) in [6.07, 6.45) is 2.75. The first kappa shape index (κ1) is 11.3. The van der Waals surface area contributed by atoms with Gasteiger partial charge in [-0.2, -0.15) is 0 Å². The highest BCUT2D eigenvalue weighted by molar-refractivity contribution is 5.18. The molecule has 0 saturated carbocycles. The van der Waals surface area contributed by atoms with Crippen LogP contribution in [0, 0.1) is 0 Å². The fourth-order valence-electron chi connectivity index (χ4n) is 2.00. The number of fused-ring (bicyclic) bond motifs is 1. The van der Waals surface area contributed by atoms with Gasteiger partial charge in [-0.15, -0.1) is 11.7 Å². The molecule has 1 aromatic rings. The molecule has 1 aliphatic heterocycles. The van der Waals surface area contributed by atoms with Gasteiger partial charge in [-0.05, 0) is 6.92 Å². The second kappa shape index (κ2) is 5.23. The zero-order valence-corrected chi connectivity index (χ0v) is 9.65. The molecule has 1 aromatic heterocycles. The number of ether oxygens (including phenoxy) is 1. The first-order chi connectivity index (χ1) is 7.86. The van der Waals surface area contributed by atoms with Gasteiger partial charge < -0.3 is 10.1 Å². The van der Waals surface area contributed by atoms with Crippen molar-refractivity contribution in [3.8, 4) is 0 Å². The standard InChI is InChI=1S/C11H18N4O/c1-3-7-16-8-9-11-10(5-6-12-9)15(4-2)14-13-11/h3,9,12H,1,4-8H2,2H3/t9-/m1/s1. The number of nitrogens with zero attached hydrogens (tertiary/aromatic N) is 3. The number of aryl methyl sites for hydroxylation is 1. The SMILES string of the molecule is C=CCOC[C@H]1NCCc2c1nnn2CC. The van der Waals surface area contributed by atoms with Gasteiger partial charge in [-0.1, -0.05) is 11.3 Å². The van der Waals surface area contributed by atoms with Crippen LogP contribution in [0.4, 0.5) is 0 Å². The zero-order valence-electron chi connectivity index (χ0n) is 9.65. The number of hydrogen-bond donors (Lipinski definition) is 1. The van der Waals surface area contributed by atoms with Gasteiger partial charge in [0.2, 0.25) is 0 Å². The van der Waals surface area contributed by atoms with E-state index in [2.05, 4.69) is 29.1 Å². The number of hydrogen-bond acceptors (Lipinski definition) is 4. The van der Waals surface area contributed by atoms with Gasteiger partial charge >= 0.3 is 0 Å². The maximum atomic E-state index is 5.46. The summed E-state index contributed by atoms with van der Waals surface area (Å²) in [4.78, 5) is 0. The monoisotopic (exact) mass is 222 g/mol. The van der Waals surface area contributed by atoms with E-state index in [9.17, 15) is 0 Å². The second-order valence-electron chi connectivity index (χ2n) is 3.82. The Balaban J connectivity index is 2.07. The first-order valence-corrected chi connectivity index (χ1v) is 5.71. The average molecular weight is 222 g/mol. The molecule has 0 aromatic carbocycles. The molecule has 1 atom stereocenters. The third-order valence-electron chi connectivity index (χ3n) is 2.77. The molecule has 0 fully saturated rings. The van der Waals surface area contributed by atoms with Crippen LogP contribution in [0.2, 0.25) is 0 Å². The lowest BCUT2D eigenvalue weighted by Gasteiger charge is -2.22. The van der Waals surface area contributed by atoms with E-state index in [4.69, 9.17) is 4.74 Å². The van der Waals surface area contributed by atoms with Crippen molar-refractivity contribution in [3.05, 3.63) is 24.0 Å². The zero-order chi connectivity index (χ0) is 11.4. The number of rotatable bonds is 5. The molecule has 0 bridgehead atoms. The Morgan fingerprint density at radius 3 is 3.31 bits per heavy atom. The molecular formula is C11H18N4O. The lowest BCUT2D eigenvalue weighted by molar-refractivity contribution is 0.132. The van der Waals surface area contributed by atoms with Gasteiger partial charge in [0, 0.05) is 19.5 Å². The first-order valence-electron chi connectivity index (χ1n) is 5.71. The molecule has 2 heterocycles. The van der Waals surface area contributed by atoms with Gasteiger partial charge in [-0.25, -0.2) is 4.68 Å². The second-order valence-corrected chi connectivity index (χ2v) is 3.82. The van der Waals surface area contributed by atoms with Crippen molar-refractivity contribution in [2.75, 3.05) is 19.8 Å². The molecule has 16 heavy (non-hydrogen) atoms. The van der Waals surface area contributed by atoms with E-state index < -0.39 is 0 Å². The van der Waals surface area contributed by atoms with Crippen LogP contribution in [0.1, 0.15) is 24.4 Å². The van der Waals surface area contributed by atoms with Crippen molar-refractivity contribution in [3.63, 3.8) is 0 Å². The molecule has 1 N–H and O–H groups in total. The number of nitrogens with one attached hydrogen (secondary N) is 1. The molecule has 5 heteroatoms. The summed E-state index contributed by atoms with van der Waals surface area (Å²) in [5.74, 6) is 0. The molecule has 88 valence electrons. The third-order valence-corrected chi connectivity index (χ3v) is 2.77. The van der Waals surface area contributed by atoms with Crippen molar-refractivity contribution in [2.24, 2.45) is 0 Å². The van der Waals surface area contributed by atoms with Crippen molar-refractivity contribution in [1.29, 1.82) is 0 Å². The molecule has 0 aliphatic carbocycles. The Bertz CT molecular complexity index is 361. The quantitative estimate of drug-likeness (QED) is 0.588. The smallest absolute Gasteiger partial charge is 0.105 e. The van der Waals surface area contributed by atoms with Gasteiger partial charge in [0.05, 0.1) is 24.9 Å². The lowest BCUT2D eigenvalue weighted by atomic mass is 10.1. The Hall–Kier alpha value is -1.20. The van der Waals surface area contributed by atoms with Crippen LogP contribution in [-0.2, 0) is 17.7 Å². The van der Waals surface area contributed by atoms with E-state index >= 15 is 0 Å². The normalized spacial score (nSPS) is 19.4. The van der Waals surface area contributed by atoms with Crippen molar-refractivity contribution < 1.29 is 4.74 Å². The van der Waals surface area contributed by atoms with Crippen molar-refractivity contribution in [1.82, 2.24) is 20.3 Å². The Morgan fingerprint density at radius 2 is 2.56 bits per heavy atom. The molecule has 0 unspecified atom stereocenters. The van der Waals surface area contributed by atoms with Gasteiger partial charge in [-0.3, -0.25) is 0 Å². The van der Waals surface area contributed by atoms with Crippen LogP contribution in [0.15, 0.2) is 12.7 Å². The maximum absolute atomic E-state index is 5.46. The molecule has 1 aliphatic rings. The van der Waals surface area contributed by atoms with E-state index in [-0.39, 0.29) is 6.04 Å². The van der Waals surface area contributed by atoms with E-state index in [0.29, 0.717) is 13.2 Å². The molecule has 0 saturated heterocycles. The van der Waals surface area contributed by atoms with Crippen LogP contribution in [0.25, 0.3) is 0 Å². The predicted molar refractivity (Wildman–Crippen MR) is 61.2 cm³/mol. The minimum Gasteiger partial charge on any atom is -0.375 e. The van der Waals surface area contributed by atoms with E-state index in [0.717, 1.165) is 25.2 Å². The minimum atomic E-state index is 0.170. The van der Waals surface area contributed by atoms with Crippen molar-refractivity contribution in [2.45, 2.75) is 25.9 Å². The van der Waals surface area contributed by atoms with Crippen LogP contribution in [0.3, 0.4) is 0 Å². The highest BCUT2D eigenvalue weighted by Gasteiger charge is 2.25. The molecule has 0 radical (unpaired) electrons. The molecule has 2 rings (SSSR count). The highest BCUT2D eigenvalue weighted by Crippen LogP contribution is 2.20. The summed E-state index contributed by atoms with van der Waals surface area (Å²) >= 11 is 0. The Labute approximate surface area is 95.5 Å². The summed E-state index contributed by atoms with van der Waals surface area (Å²) in [5, 5.41) is 11.8. The fourth-order valence-corrected chi connectivity index (χ4v) is 2.00. The minimum absolute atomic E-state index is 0.170. The predicted octanol–water partition coefficient (Wildman–Crippen LogP) is 0.687. The molecular weight excluding hydrogens is 204 g/mol. The van der Waals surface area contributed by atoms with Crippen molar-refractivity contribution >= 4 is 0 Å². The van der Waals surface area contributed by atoms with Gasteiger partial charge in [0.1, 0.15) is 5.69 Å². The lowest BCUT2D eigenvalue weighted by Crippen LogP contribution is -2.33. The number of aromatic nitrogens is 3. The molecule has 0 spiro atoms. The summed E-state index contributed by atoms with van der Waals surface area (Å²) < 4.78 is 7.43. The third kappa shape index (κ3) is 2.15. The van der Waals surface area contributed by atoms with Gasteiger partial charge in [0.15, 0.2) is 0 Å². The maximum Gasteiger partial charge on any atom is 0.105 e. The summed E-state index contributed by atoms with van der Waals surface area (Å²) in [7, 11) is 0. The molecule has 5 nitrogen and oxygen atoms in total. The largest absolute Gasteiger partial charge is 0.375 e. The Kier molecular flexibility index (Phi) is 3.69.